The Hall–Kier alpha value is -3.01. The minimum absolute atomic E-state index is 0.391. The molecular weight excluding hydrogens is 315 g/mol. The van der Waals surface area contributed by atoms with E-state index in [0.29, 0.717) is 6.42 Å². The first-order valence-corrected chi connectivity index (χ1v) is 8.08. The molecule has 0 spiro atoms. The number of hydrogen-bond acceptors (Lipinski definition) is 3. The highest BCUT2D eigenvalue weighted by Gasteiger charge is 2.37. The Morgan fingerprint density at radius 1 is 1.04 bits per heavy atom. The summed E-state index contributed by atoms with van der Waals surface area (Å²) in [6.07, 6.45) is 3.39. The first-order valence-electron chi connectivity index (χ1n) is 8.08. The Bertz CT molecular complexity index is 824. The molecule has 0 aliphatic rings. The Balaban J connectivity index is 2.38. The van der Waals surface area contributed by atoms with Gasteiger partial charge < -0.3 is 5.21 Å². The molecule has 0 fully saturated rings. The molecule has 3 rings (SSSR count). The number of rotatable bonds is 5. The topological polar surface area (TPSA) is 45.5 Å². The second kappa shape index (κ2) is 7.26. The lowest BCUT2D eigenvalue weighted by Gasteiger charge is -2.36. The van der Waals surface area contributed by atoms with E-state index < -0.39 is 11.4 Å². The van der Waals surface area contributed by atoms with Gasteiger partial charge in [0.2, 0.25) is 5.95 Å². The number of benzene rings is 2. The smallest absolute Gasteiger partial charge is 0.213 e. The number of halogens is 1. The van der Waals surface area contributed by atoms with E-state index in [-0.39, 0.29) is 0 Å². The number of aromatic nitrogens is 1. The van der Waals surface area contributed by atoms with Crippen molar-refractivity contribution in [3.8, 4) is 0 Å². The molecule has 1 heterocycles. The molecule has 0 atom stereocenters. The highest BCUT2D eigenvalue weighted by Crippen LogP contribution is 2.43. The Morgan fingerprint density at radius 2 is 1.60 bits per heavy atom. The van der Waals surface area contributed by atoms with E-state index in [2.05, 4.69) is 10.1 Å². The molecule has 0 bridgehead atoms. The zero-order chi connectivity index (χ0) is 17.7. The number of oxime groups is 1. The van der Waals surface area contributed by atoms with Gasteiger partial charge in [0.1, 0.15) is 0 Å². The van der Waals surface area contributed by atoms with E-state index >= 15 is 0 Å². The van der Waals surface area contributed by atoms with Crippen molar-refractivity contribution in [3.05, 3.63) is 101 Å². The standard InChI is InChI=1S/C21H19FN2O/c1-16-15-23-20(22)14-19(16)21(12-13-24-25,17-8-4-2-5-9-17)18-10-6-3-7-11-18/h2-11,13-15,25H,12H2,1H3. The van der Waals surface area contributed by atoms with Crippen LogP contribution in [0.5, 0.6) is 0 Å². The predicted molar refractivity (Wildman–Crippen MR) is 96.6 cm³/mol. The number of aryl methyl sites for hydroxylation is 1. The second-order valence-corrected chi connectivity index (χ2v) is 5.96. The fourth-order valence-electron chi connectivity index (χ4n) is 3.40. The van der Waals surface area contributed by atoms with Crippen LogP contribution < -0.4 is 0 Å². The van der Waals surface area contributed by atoms with Crippen molar-refractivity contribution < 1.29 is 9.60 Å². The van der Waals surface area contributed by atoms with Gasteiger partial charge in [-0.2, -0.15) is 4.39 Å². The zero-order valence-electron chi connectivity index (χ0n) is 13.9. The molecular formula is C21H19FN2O. The fraction of sp³-hybridized carbons (Fsp3) is 0.143. The van der Waals surface area contributed by atoms with Gasteiger partial charge in [-0.1, -0.05) is 60.7 Å². The molecule has 0 saturated heterocycles. The van der Waals surface area contributed by atoms with Crippen molar-refractivity contribution in [1.82, 2.24) is 4.98 Å². The van der Waals surface area contributed by atoms with Crippen LogP contribution in [0.15, 0.2) is 78.1 Å². The van der Waals surface area contributed by atoms with E-state index in [9.17, 15) is 4.39 Å². The second-order valence-electron chi connectivity index (χ2n) is 5.96. The average molecular weight is 334 g/mol. The summed E-state index contributed by atoms with van der Waals surface area (Å²) in [5.41, 5.74) is 2.99. The van der Waals surface area contributed by atoms with Gasteiger partial charge in [0.05, 0.1) is 5.41 Å². The molecule has 4 heteroatoms. The summed E-state index contributed by atoms with van der Waals surface area (Å²) in [7, 11) is 0. The van der Waals surface area contributed by atoms with Gasteiger partial charge in [-0.05, 0) is 35.2 Å². The summed E-state index contributed by atoms with van der Waals surface area (Å²) in [6, 6.07) is 21.2. The molecule has 3 nitrogen and oxygen atoms in total. The van der Waals surface area contributed by atoms with Crippen molar-refractivity contribution in [3.63, 3.8) is 0 Å². The molecule has 2 aromatic carbocycles. The van der Waals surface area contributed by atoms with Gasteiger partial charge >= 0.3 is 0 Å². The Morgan fingerprint density at radius 3 is 2.12 bits per heavy atom. The first kappa shape index (κ1) is 16.8. The lowest BCUT2D eigenvalue weighted by atomic mass is 9.66. The van der Waals surface area contributed by atoms with Crippen LogP contribution in [0.25, 0.3) is 0 Å². The van der Waals surface area contributed by atoms with Crippen molar-refractivity contribution in [2.75, 3.05) is 0 Å². The van der Waals surface area contributed by atoms with Crippen molar-refractivity contribution in [1.29, 1.82) is 0 Å². The van der Waals surface area contributed by atoms with E-state index in [1.807, 2.05) is 67.6 Å². The minimum Gasteiger partial charge on any atom is -0.411 e. The lowest BCUT2D eigenvalue weighted by Crippen LogP contribution is -2.31. The Labute approximate surface area is 146 Å². The van der Waals surface area contributed by atoms with Crippen LogP contribution in [0.2, 0.25) is 0 Å². The molecule has 0 aliphatic heterocycles. The molecule has 0 saturated carbocycles. The molecule has 126 valence electrons. The number of hydrogen-bond donors (Lipinski definition) is 1. The van der Waals surface area contributed by atoms with Crippen LogP contribution in [0.1, 0.15) is 28.7 Å². The maximum absolute atomic E-state index is 14.0. The summed E-state index contributed by atoms with van der Waals surface area (Å²) >= 11 is 0. The van der Waals surface area contributed by atoms with Gasteiger partial charge in [-0.3, -0.25) is 0 Å². The number of nitrogens with zero attached hydrogens (tertiary/aromatic N) is 2. The predicted octanol–water partition coefficient (Wildman–Crippen LogP) is 4.71. The normalized spacial score (nSPS) is 11.8. The zero-order valence-corrected chi connectivity index (χ0v) is 13.9. The van der Waals surface area contributed by atoms with Crippen LogP contribution in [0, 0.1) is 12.9 Å². The molecule has 0 radical (unpaired) electrons. The third-order valence-electron chi connectivity index (χ3n) is 4.54. The highest BCUT2D eigenvalue weighted by molar-refractivity contribution is 5.66. The van der Waals surface area contributed by atoms with E-state index in [1.165, 1.54) is 12.3 Å². The summed E-state index contributed by atoms with van der Waals surface area (Å²) in [5.74, 6) is -0.530. The highest BCUT2D eigenvalue weighted by atomic mass is 19.1. The van der Waals surface area contributed by atoms with Crippen molar-refractivity contribution in [2.45, 2.75) is 18.8 Å². The molecule has 1 aromatic heterocycles. The maximum atomic E-state index is 14.0. The third kappa shape index (κ3) is 3.15. The molecule has 3 aromatic rings. The SMILES string of the molecule is Cc1cnc(F)cc1C(CC=NO)(c1ccccc1)c1ccccc1. The first-order chi connectivity index (χ1) is 12.2. The van der Waals surface area contributed by atoms with Crippen LogP contribution in [0.4, 0.5) is 4.39 Å². The van der Waals surface area contributed by atoms with E-state index in [0.717, 1.165) is 22.3 Å². The van der Waals surface area contributed by atoms with Crippen molar-refractivity contribution >= 4 is 6.21 Å². The van der Waals surface area contributed by atoms with Gasteiger partial charge in [-0.15, -0.1) is 5.16 Å². The molecule has 0 unspecified atom stereocenters. The summed E-state index contributed by atoms with van der Waals surface area (Å²) in [6.45, 7) is 1.92. The summed E-state index contributed by atoms with van der Waals surface area (Å²) < 4.78 is 14.0. The summed E-state index contributed by atoms with van der Waals surface area (Å²) in [5, 5.41) is 12.3. The van der Waals surface area contributed by atoms with Gasteiger partial charge in [0.25, 0.3) is 0 Å². The summed E-state index contributed by atoms with van der Waals surface area (Å²) in [4.78, 5) is 3.77. The van der Waals surface area contributed by atoms with E-state index in [1.54, 1.807) is 6.20 Å². The largest absolute Gasteiger partial charge is 0.411 e. The van der Waals surface area contributed by atoms with Crippen LogP contribution in [0.3, 0.4) is 0 Å². The molecule has 0 amide bonds. The van der Waals surface area contributed by atoms with Crippen LogP contribution in [-0.2, 0) is 5.41 Å². The quantitative estimate of drug-likeness (QED) is 0.318. The van der Waals surface area contributed by atoms with E-state index in [4.69, 9.17) is 5.21 Å². The molecule has 25 heavy (non-hydrogen) atoms. The van der Waals surface area contributed by atoms with Gasteiger partial charge in [0.15, 0.2) is 0 Å². The Kier molecular flexibility index (Phi) is 4.89. The lowest BCUT2D eigenvalue weighted by molar-refractivity contribution is 0.319. The monoisotopic (exact) mass is 334 g/mol. The van der Waals surface area contributed by atoms with Gasteiger partial charge in [-0.25, -0.2) is 4.98 Å². The number of pyridine rings is 1. The molecule has 0 aliphatic carbocycles. The van der Waals surface area contributed by atoms with Crippen LogP contribution in [-0.4, -0.2) is 16.4 Å². The molecule has 1 N–H and O–H groups in total. The third-order valence-corrected chi connectivity index (χ3v) is 4.54. The average Bonchev–Trinajstić information content (AvgIpc) is 2.67. The van der Waals surface area contributed by atoms with Gasteiger partial charge in [0, 0.05) is 18.8 Å². The van der Waals surface area contributed by atoms with Crippen LogP contribution >= 0.6 is 0 Å². The minimum atomic E-state index is -0.678. The fourth-order valence-corrected chi connectivity index (χ4v) is 3.40. The maximum Gasteiger partial charge on any atom is 0.213 e. The van der Waals surface area contributed by atoms with Crippen molar-refractivity contribution in [2.24, 2.45) is 5.16 Å².